The van der Waals surface area contributed by atoms with Gasteiger partial charge >= 0.3 is 0 Å². The molecule has 0 amide bonds. The molecular formula is C21H30O12. The van der Waals surface area contributed by atoms with Gasteiger partial charge in [0.2, 0.25) is 6.29 Å². The van der Waals surface area contributed by atoms with Crippen LogP contribution in [0.3, 0.4) is 0 Å². The van der Waals surface area contributed by atoms with Crippen LogP contribution >= 0.6 is 0 Å². The van der Waals surface area contributed by atoms with Gasteiger partial charge in [-0.1, -0.05) is 18.2 Å². The first kappa shape index (κ1) is 25.8. The summed E-state index contributed by atoms with van der Waals surface area (Å²) < 4.78 is 27.1. The molecule has 0 radical (unpaired) electrons. The minimum Gasteiger partial charge on any atom is -0.493 e. The van der Waals surface area contributed by atoms with Gasteiger partial charge in [-0.05, 0) is 17.7 Å². The summed E-state index contributed by atoms with van der Waals surface area (Å²) in [5.41, 5.74) is -1.16. The number of rotatable bonds is 9. The first-order chi connectivity index (χ1) is 15.7. The summed E-state index contributed by atoms with van der Waals surface area (Å²) in [7, 11) is 1.41. The third-order valence-electron chi connectivity index (χ3n) is 5.52. The average Bonchev–Trinajstić information content (AvgIpc) is 3.11. The maximum absolute atomic E-state index is 10.3. The van der Waals surface area contributed by atoms with Gasteiger partial charge in [0, 0.05) is 0 Å². The second-order valence-corrected chi connectivity index (χ2v) is 7.85. The normalized spacial score (nSPS) is 36.9. The Morgan fingerprint density at radius 2 is 1.82 bits per heavy atom. The summed E-state index contributed by atoms with van der Waals surface area (Å²) in [6, 6.07) is 4.85. The van der Waals surface area contributed by atoms with E-state index in [1.807, 2.05) is 0 Å². The zero-order chi connectivity index (χ0) is 24.2. The van der Waals surface area contributed by atoms with Gasteiger partial charge in [0.25, 0.3) is 0 Å². The van der Waals surface area contributed by atoms with E-state index in [0.717, 1.165) is 5.56 Å². The number of benzene rings is 1. The molecule has 2 saturated heterocycles. The summed E-state index contributed by atoms with van der Waals surface area (Å²) in [5, 5.41) is 69.1. The van der Waals surface area contributed by atoms with E-state index in [4.69, 9.17) is 28.8 Å². The Bertz CT molecular complexity index is 803. The lowest BCUT2D eigenvalue weighted by atomic mass is 9.99. The fourth-order valence-electron chi connectivity index (χ4n) is 3.48. The Balaban J connectivity index is 1.68. The van der Waals surface area contributed by atoms with Crippen molar-refractivity contribution in [1.29, 1.82) is 0 Å². The van der Waals surface area contributed by atoms with E-state index in [9.17, 15) is 30.6 Å². The van der Waals surface area contributed by atoms with Crippen molar-refractivity contribution in [2.24, 2.45) is 0 Å². The van der Waals surface area contributed by atoms with Crippen LogP contribution in [0, 0.1) is 0 Å². The van der Waals surface area contributed by atoms with Crippen molar-refractivity contribution in [1.82, 2.24) is 0 Å². The molecule has 186 valence electrons. The predicted octanol–water partition coefficient (Wildman–Crippen LogP) is -2.66. The van der Waals surface area contributed by atoms with Gasteiger partial charge < -0.3 is 59.4 Å². The number of aliphatic hydroxyl groups is 7. The molecule has 0 aliphatic carbocycles. The molecule has 33 heavy (non-hydrogen) atoms. The van der Waals surface area contributed by atoms with Crippen LogP contribution in [0.1, 0.15) is 5.56 Å². The van der Waals surface area contributed by atoms with E-state index in [1.165, 1.54) is 13.2 Å². The molecule has 12 heteroatoms. The summed E-state index contributed by atoms with van der Waals surface area (Å²) >= 11 is 0. The minimum absolute atomic E-state index is 0.130. The molecule has 0 spiro atoms. The number of hydrogen-bond donors (Lipinski definition) is 7. The van der Waals surface area contributed by atoms with Crippen LogP contribution in [-0.2, 0) is 14.2 Å². The molecule has 0 saturated carbocycles. The maximum Gasteiger partial charge on any atom is 0.229 e. The number of methoxy groups -OCH3 is 1. The van der Waals surface area contributed by atoms with Crippen LogP contribution in [0.4, 0.5) is 0 Å². The van der Waals surface area contributed by atoms with Crippen molar-refractivity contribution in [3.05, 3.63) is 29.8 Å². The highest BCUT2D eigenvalue weighted by atomic mass is 16.7. The SMILES string of the molecule is COc1cc(C=CCO)ccc1O[C@@H]1O[C@H](CO[C@@H]2OC[C@](O)(CO)[C@H]2O)[C@@H](O)[C@H](O)[C@H]1O. The smallest absolute Gasteiger partial charge is 0.229 e. The summed E-state index contributed by atoms with van der Waals surface area (Å²) in [5.74, 6) is 0.485. The van der Waals surface area contributed by atoms with Crippen molar-refractivity contribution in [2.75, 3.05) is 33.5 Å². The average molecular weight is 474 g/mol. The van der Waals surface area contributed by atoms with Crippen LogP contribution in [0.5, 0.6) is 11.5 Å². The number of aliphatic hydroxyl groups excluding tert-OH is 6. The molecule has 7 N–H and O–H groups in total. The highest BCUT2D eigenvalue weighted by Gasteiger charge is 2.50. The first-order valence-electron chi connectivity index (χ1n) is 10.3. The van der Waals surface area contributed by atoms with Crippen molar-refractivity contribution in [3.63, 3.8) is 0 Å². The highest BCUT2D eigenvalue weighted by molar-refractivity contribution is 5.56. The fourth-order valence-corrected chi connectivity index (χ4v) is 3.48. The summed E-state index contributed by atoms with van der Waals surface area (Å²) in [6.45, 7) is -1.63. The monoisotopic (exact) mass is 474 g/mol. The summed E-state index contributed by atoms with van der Waals surface area (Å²) in [4.78, 5) is 0. The van der Waals surface area contributed by atoms with E-state index in [0.29, 0.717) is 5.75 Å². The van der Waals surface area contributed by atoms with E-state index >= 15 is 0 Å². The van der Waals surface area contributed by atoms with Crippen molar-refractivity contribution in [3.8, 4) is 11.5 Å². The molecule has 0 bridgehead atoms. The third kappa shape index (κ3) is 5.63. The van der Waals surface area contributed by atoms with E-state index < -0.39 is 61.9 Å². The van der Waals surface area contributed by atoms with Gasteiger partial charge in [-0.15, -0.1) is 0 Å². The molecule has 2 heterocycles. The van der Waals surface area contributed by atoms with E-state index in [1.54, 1.807) is 24.3 Å². The Morgan fingerprint density at radius 3 is 2.45 bits per heavy atom. The summed E-state index contributed by atoms with van der Waals surface area (Å²) in [6.07, 6.45) is -7.04. The first-order valence-corrected chi connectivity index (χ1v) is 10.3. The fraction of sp³-hybridized carbons (Fsp3) is 0.619. The molecule has 8 atom stereocenters. The van der Waals surface area contributed by atoms with E-state index in [-0.39, 0.29) is 19.0 Å². The van der Waals surface area contributed by atoms with Crippen molar-refractivity contribution in [2.45, 2.75) is 48.7 Å². The van der Waals surface area contributed by atoms with Crippen molar-refractivity contribution < 1.29 is 59.4 Å². The predicted molar refractivity (Wildman–Crippen MR) is 110 cm³/mol. The Kier molecular flexibility index (Phi) is 8.64. The largest absolute Gasteiger partial charge is 0.493 e. The van der Waals surface area contributed by atoms with Crippen LogP contribution < -0.4 is 9.47 Å². The second kappa shape index (κ2) is 11.1. The molecular weight excluding hydrogens is 444 g/mol. The zero-order valence-electron chi connectivity index (χ0n) is 17.9. The van der Waals surface area contributed by atoms with Crippen molar-refractivity contribution >= 4 is 6.08 Å². The zero-order valence-corrected chi connectivity index (χ0v) is 17.9. The molecule has 2 aliphatic rings. The Morgan fingerprint density at radius 1 is 1.06 bits per heavy atom. The van der Waals surface area contributed by atoms with Crippen LogP contribution in [0.25, 0.3) is 6.08 Å². The minimum atomic E-state index is -1.88. The van der Waals surface area contributed by atoms with Gasteiger partial charge in [-0.2, -0.15) is 0 Å². The molecule has 0 unspecified atom stereocenters. The van der Waals surface area contributed by atoms with Gasteiger partial charge in [-0.3, -0.25) is 0 Å². The molecule has 12 nitrogen and oxygen atoms in total. The topological polar surface area (TPSA) is 188 Å². The highest BCUT2D eigenvalue weighted by Crippen LogP contribution is 2.33. The number of hydrogen-bond acceptors (Lipinski definition) is 12. The van der Waals surface area contributed by atoms with Gasteiger partial charge in [0.15, 0.2) is 17.8 Å². The molecule has 3 rings (SSSR count). The molecule has 1 aromatic carbocycles. The maximum atomic E-state index is 10.3. The second-order valence-electron chi connectivity index (χ2n) is 7.85. The quantitative estimate of drug-likeness (QED) is 0.197. The Labute approximate surface area is 189 Å². The van der Waals surface area contributed by atoms with Crippen LogP contribution in [0.2, 0.25) is 0 Å². The molecule has 0 aromatic heterocycles. The lowest BCUT2D eigenvalue weighted by Gasteiger charge is -2.40. The van der Waals surface area contributed by atoms with Crippen LogP contribution in [-0.4, -0.2) is 118 Å². The molecule has 1 aromatic rings. The molecule has 2 aliphatic heterocycles. The third-order valence-corrected chi connectivity index (χ3v) is 5.52. The van der Waals surface area contributed by atoms with Crippen LogP contribution in [0.15, 0.2) is 24.3 Å². The standard InChI is InChI=1S/C21H30O12/c1-29-13-7-11(3-2-6-22)4-5-12(13)32-19-17(26)16(25)15(24)14(33-19)8-30-20-18(27)21(28,9-23)10-31-20/h2-5,7,14-20,22-28H,6,8-10H2,1H3/t14-,15-,16+,17-,18+,19-,20-,21-/m1/s1. The lowest BCUT2D eigenvalue weighted by Crippen LogP contribution is -2.60. The lowest BCUT2D eigenvalue weighted by molar-refractivity contribution is -0.289. The van der Waals surface area contributed by atoms with Gasteiger partial charge in [-0.25, -0.2) is 0 Å². The van der Waals surface area contributed by atoms with Gasteiger partial charge in [0.1, 0.15) is 36.1 Å². The van der Waals surface area contributed by atoms with E-state index in [2.05, 4.69) is 0 Å². The molecule has 2 fully saturated rings. The Hall–Kier alpha value is -1.84. The number of ether oxygens (including phenoxy) is 5. The van der Waals surface area contributed by atoms with Gasteiger partial charge in [0.05, 0.1) is 33.5 Å².